The number of benzene rings is 1. The Kier molecular flexibility index (Phi) is 7.46. The van der Waals surface area contributed by atoms with Crippen molar-refractivity contribution in [3.05, 3.63) is 35.9 Å². The number of carbonyl (C=O) groups is 4. The summed E-state index contributed by atoms with van der Waals surface area (Å²) in [5, 5.41) is 11.9. The highest BCUT2D eigenvalue weighted by atomic mass is 32.2. The second-order valence-electron chi connectivity index (χ2n) is 8.66. The maximum atomic E-state index is 13.2. The molecule has 2 aliphatic heterocycles. The van der Waals surface area contributed by atoms with Crippen molar-refractivity contribution < 1.29 is 29.0 Å². The second-order valence-corrected chi connectivity index (χ2v) is 10.4. The zero-order chi connectivity index (χ0) is 24.3. The van der Waals surface area contributed by atoms with Crippen molar-refractivity contribution >= 4 is 41.2 Å². The van der Waals surface area contributed by atoms with E-state index in [4.69, 9.17) is 4.74 Å². The van der Waals surface area contributed by atoms with Crippen molar-refractivity contribution in [2.75, 3.05) is 6.61 Å². The Morgan fingerprint density at radius 2 is 1.94 bits per heavy atom. The Hall–Kier alpha value is -2.88. The van der Waals surface area contributed by atoms with Crippen molar-refractivity contribution in [1.29, 1.82) is 0 Å². The molecule has 2 aliphatic rings. The highest BCUT2D eigenvalue weighted by Crippen LogP contribution is 2.50. The second kappa shape index (κ2) is 9.94. The number of fused-ring (bicyclic) bond motifs is 1. The molecule has 10 heteroatoms. The molecule has 9 nitrogen and oxygen atoms in total. The zero-order valence-corrected chi connectivity index (χ0v) is 19.9. The Balaban J connectivity index is 1.77. The van der Waals surface area contributed by atoms with Gasteiger partial charge in [-0.05, 0) is 32.8 Å². The number of aliphatic imine (C=N–C) groups is 1. The molecule has 2 fully saturated rings. The first-order valence-corrected chi connectivity index (χ1v) is 11.7. The largest absolute Gasteiger partial charge is 0.480 e. The van der Waals surface area contributed by atoms with Crippen molar-refractivity contribution in [3.8, 4) is 0 Å². The molecule has 33 heavy (non-hydrogen) atoms. The van der Waals surface area contributed by atoms with Gasteiger partial charge in [0, 0.05) is 10.5 Å². The number of nitrogens with zero attached hydrogens (tertiary/aromatic N) is 2. The first kappa shape index (κ1) is 24.8. The fraction of sp³-hybridized carbons (Fsp3) is 0.522. The number of amides is 2. The van der Waals surface area contributed by atoms with Crippen molar-refractivity contribution in [2.45, 2.75) is 68.8 Å². The van der Waals surface area contributed by atoms with Gasteiger partial charge < -0.3 is 20.1 Å². The predicted octanol–water partition coefficient (Wildman–Crippen LogP) is 2.16. The van der Waals surface area contributed by atoms with Crippen LogP contribution in [0.5, 0.6) is 0 Å². The zero-order valence-electron chi connectivity index (χ0n) is 19.1. The van der Waals surface area contributed by atoms with Crippen LogP contribution in [0, 0.1) is 0 Å². The van der Waals surface area contributed by atoms with E-state index in [0.717, 1.165) is 0 Å². The Labute approximate surface area is 197 Å². The Morgan fingerprint density at radius 1 is 1.27 bits per heavy atom. The van der Waals surface area contributed by atoms with Gasteiger partial charge in [0.25, 0.3) is 0 Å². The highest BCUT2D eigenvalue weighted by molar-refractivity contribution is 8.01. The summed E-state index contributed by atoms with van der Waals surface area (Å²) < 4.78 is 4.41. The van der Waals surface area contributed by atoms with Crippen molar-refractivity contribution in [1.82, 2.24) is 10.2 Å². The molecule has 0 aromatic heterocycles. The van der Waals surface area contributed by atoms with E-state index >= 15 is 0 Å². The summed E-state index contributed by atoms with van der Waals surface area (Å²) >= 11 is 1.36. The maximum absolute atomic E-state index is 13.2. The third-order valence-corrected chi connectivity index (χ3v) is 7.12. The van der Waals surface area contributed by atoms with Crippen LogP contribution in [-0.4, -0.2) is 68.3 Å². The maximum Gasteiger partial charge on any atom is 0.327 e. The van der Waals surface area contributed by atoms with Crippen LogP contribution in [0.4, 0.5) is 0 Å². The number of carbonyl (C=O) groups excluding carboxylic acids is 3. The molecule has 2 saturated heterocycles. The van der Waals surface area contributed by atoms with Gasteiger partial charge in [0.2, 0.25) is 11.8 Å². The topological polar surface area (TPSA) is 125 Å². The molecule has 178 valence electrons. The van der Waals surface area contributed by atoms with Crippen LogP contribution in [0.3, 0.4) is 0 Å². The molecule has 0 bridgehead atoms. The molecule has 0 saturated carbocycles. The molecule has 2 N–H and O–H groups in total. The van der Waals surface area contributed by atoms with Crippen molar-refractivity contribution in [3.63, 3.8) is 0 Å². The van der Waals surface area contributed by atoms with Gasteiger partial charge in [-0.25, -0.2) is 4.79 Å². The molecular formula is C23H29N3O6S. The summed E-state index contributed by atoms with van der Waals surface area (Å²) in [7, 11) is 0. The van der Waals surface area contributed by atoms with Gasteiger partial charge >= 0.3 is 11.9 Å². The van der Waals surface area contributed by atoms with E-state index < -0.39 is 52.0 Å². The summed E-state index contributed by atoms with van der Waals surface area (Å²) in [6.45, 7) is 7.43. The van der Waals surface area contributed by atoms with Crippen LogP contribution < -0.4 is 5.32 Å². The first-order valence-electron chi connectivity index (χ1n) is 10.8. The van der Waals surface area contributed by atoms with Crippen LogP contribution in [0.15, 0.2) is 35.3 Å². The number of carboxylic acid groups (broad SMARTS) is 1. The van der Waals surface area contributed by atoms with Crippen LogP contribution in [0.25, 0.3) is 0 Å². The molecule has 2 amide bonds. The number of rotatable bonds is 9. The van der Waals surface area contributed by atoms with Crippen molar-refractivity contribution in [2.24, 2.45) is 4.99 Å². The van der Waals surface area contributed by atoms with Gasteiger partial charge in [-0.15, -0.1) is 11.8 Å². The number of hydrogen-bond acceptors (Lipinski definition) is 7. The molecule has 1 aromatic carbocycles. The molecule has 0 spiro atoms. The van der Waals surface area contributed by atoms with Gasteiger partial charge in [0.05, 0.1) is 13.0 Å². The molecule has 0 aliphatic carbocycles. The summed E-state index contributed by atoms with van der Waals surface area (Å²) in [5.74, 6) is -2.39. The lowest BCUT2D eigenvalue weighted by molar-refractivity contribution is -0.161. The molecule has 2 heterocycles. The summed E-state index contributed by atoms with van der Waals surface area (Å²) in [6, 6.07) is 6.13. The average Bonchev–Trinajstić information content (AvgIpc) is 3.02. The van der Waals surface area contributed by atoms with Gasteiger partial charge in [0.15, 0.2) is 6.04 Å². The first-order chi connectivity index (χ1) is 15.6. The fourth-order valence-corrected chi connectivity index (χ4v) is 5.66. The van der Waals surface area contributed by atoms with Crippen LogP contribution in [-0.2, 0) is 23.9 Å². The molecule has 0 radical (unpaired) electrons. The Bertz CT molecular complexity index is 964. The van der Waals surface area contributed by atoms with Crippen LogP contribution in [0.1, 0.15) is 52.1 Å². The predicted molar refractivity (Wildman–Crippen MR) is 124 cm³/mol. The molecule has 1 aromatic rings. The van der Waals surface area contributed by atoms with E-state index in [2.05, 4.69) is 10.3 Å². The fourth-order valence-electron chi connectivity index (χ4n) is 4.04. The quantitative estimate of drug-likeness (QED) is 0.318. The third kappa shape index (κ3) is 5.21. The van der Waals surface area contributed by atoms with Gasteiger partial charge in [-0.1, -0.05) is 37.3 Å². The third-order valence-electron chi connectivity index (χ3n) is 5.55. The molecular weight excluding hydrogens is 446 g/mol. The highest BCUT2D eigenvalue weighted by Gasteiger charge is 2.64. The minimum atomic E-state index is -1.06. The number of aliphatic carboxylic acids is 1. The molecule has 3 rings (SSSR count). The Morgan fingerprint density at radius 3 is 2.55 bits per heavy atom. The monoisotopic (exact) mass is 475 g/mol. The molecule has 1 unspecified atom stereocenters. The lowest BCUT2D eigenvalue weighted by Gasteiger charge is -2.43. The number of hydrogen-bond donors (Lipinski definition) is 2. The van der Waals surface area contributed by atoms with E-state index in [1.807, 2.05) is 13.0 Å². The number of nitrogens with one attached hydrogen (secondary N) is 1. The lowest BCUT2D eigenvalue weighted by Crippen LogP contribution is -2.70. The van der Waals surface area contributed by atoms with E-state index in [-0.39, 0.29) is 6.42 Å². The lowest BCUT2D eigenvalue weighted by atomic mass is 9.95. The number of esters is 1. The number of carboxylic acids is 1. The van der Waals surface area contributed by atoms with Gasteiger partial charge in [0.1, 0.15) is 17.5 Å². The molecule has 4 atom stereocenters. The van der Waals surface area contributed by atoms with Gasteiger partial charge in [-0.3, -0.25) is 19.4 Å². The standard InChI is InChI=1S/C23H29N3O6S/c1-5-11-32-15(27)12-13(2)24-16(14-9-7-6-8-10-14)19(28)25-17-20(29)26-18(22(30)31)23(3,4)33-21(17)26/h6-10,16-18,21H,5,11-12H2,1-4H3,(H,25,28)(H,30,31)/t16?,17-,18+,21-/m1/s1. The van der Waals surface area contributed by atoms with E-state index in [9.17, 15) is 24.3 Å². The number of thioether (sulfide) groups is 1. The van der Waals surface area contributed by atoms with Gasteiger partial charge in [-0.2, -0.15) is 0 Å². The SMILES string of the molecule is CCCOC(=O)CC(C)=NC(C(=O)N[C@@H]1C(=O)N2[C@@H]1SC(C)(C)[C@@H]2C(=O)O)c1ccccc1. The van der Waals surface area contributed by atoms with Crippen LogP contribution in [0.2, 0.25) is 0 Å². The average molecular weight is 476 g/mol. The minimum Gasteiger partial charge on any atom is -0.480 e. The number of ether oxygens (including phenoxy) is 1. The minimum absolute atomic E-state index is 0.0420. The number of β-lactam (4-membered cyclic amide) rings is 1. The van der Waals surface area contributed by atoms with Crippen LogP contribution >= 0.6 is 11.8 Å². The summed E-state index contributed by atoms with van der Waals surface area (Å²) in [5.41, 5.74) is 1.05. The van der Waals surface area contributed by atoms with E-state index in [1.54, 1.807) is 45.0 Å². The smallest absolute Gasteiger partial charge is 0.327 e. The summed E-state index contributed by atoms with van der Waals surface area (Å²) in [4.78, 5) is 55.4. The van der Waals surface area contributed by atoms with E-state index in [0.29, 0.717) is 24.3 Å². The normalized spacial score (nSPS) is 24.5. The van der Waals surface area contributed by atoms with E-state index in [1.165, 1.54) is 16.7 Å². The summed E-state index contributed by atoms with van der Waals surface area (Å²) in [6.07, 6.45) is 0.668.